The fraction of sp³-hybridized carbons (Fsp3) is 0.611. The minimum Gasteiger partial charge on any atom is -0.469 e. The van der Waals surface area contributed by atoms with Gasteiger partial charge in [-0.1, -0.05) is 13.3 Å². The molecule has 3 rings (SSSR count). The van der Waals surface area contributed by atoms with Crippen molar-refractivity contribution in [3.05, 3.63) is 36.3 Å². The van der Waals surface area contributed by atoms with Gasteiger partial charge in [-0.15, -0.1) is 24.0 Å². The molecule has 26 heavy (non-hydrogen) atoms. The zero-order valence-electron chi connectivity index (χ0n) is 15.4. The number of furan rings is 1. The third kappa shape index (κ3) is 6.00. The van der Waals surface area contributed by atoms with Gasteiger partial charge in [0.25, 0.3) is 0 Å². The van der Waals surface area contributed by atoms with Crippen LogP contribution in [0.25, 0.3) is 0 Å². The number of hydrogen-bond acceptors (Lipinski definition) is 4. The lowest BCUT2D eigenvalue weighted by Gasteiger charge is -2.33. The summed E-state index contributed by atoms with van der Waals surface area (Å²) in [5.74, 6) is 3.51. The maximum Gasteiger partial charge on any atom is 0.193 e. The van der Waals surface area contributed by atoms with E-state index in [1.807, 2.05) is 12.1 Å². The predicted octanol–water partition coefficient (Wildman–Crippen LogP) is 3.18. The van der Waals surface area contributed by atoms with Crippen molar-refractivity contribution in [2.75, 3.05) is 26.2 Å². The minimum absolute atomic E-state index is 0. The van der Waals surface area contributed by atoms with Crippen molar-refractivity contribution in [1.82, 2.24) is 25.4 Å². The van der Waals surface area contributed by atoms with Gasteiger partial charge in [-0.25, -0.2) is 4.98 Å². The highest BCUT2D eigenvalue weighted by molar-refractivity contribution is 14.0. The fourth-order valence-corrected chi connectivity index (χ4v) is 3.14. The van der Waals surface area contributed by atoms with Crippen LogP contribution in [0, 0.1) is 0 Å². The average Bonchev–Trinajstić information content (AvgIpc) is 3.35. The molecule has 2 aromatic rings. The summed E-state index contributed by atoms with van der Waals surface area (Å²) in [4.78, 5) is 11.5. The number of halogens is 1. The minimum atomic E-state index is 0. The molecule has 0 saturated carbocycles. The molecule has 2 N–H and O–H groups in total. The molecular weight excluding hydrogens is 443 g/mol. The van der Waals surface area contributed by atoms with E-state index in [2.05, 4.69) is 32.3 Å². The number of aliphatic imine (C=N–C) groups is 1. The van der Waals surface area contributed by atoms with E-state index in [1.165, 1.54) is 0 Å². The van der Waals surface area contributed by atoms with Gasteiger partial charge in [-0.05, 0) is 31.4 Å². The summed E-state index contributed by atoms with van der Waals surface area (Å²) >= 11 is 0. The summed E-state index contributed by atoms with van der Waals surface area (Å²) in [6.45, 7) is 5.89. The van der Waals surface area contributed by atoms with Crippen LogP contribution in [0.2, 0.25) is 0 Å². The molecule has 3 heterocycles. The quantitative estimate of drug-likeness (QED) is 0.280. The van der Waals surface area contributed by atoms with Crippen molar-refractivity contribution < 1.29 is 4.42 Å². The van der Waals surface area contributed by atoms with Crippen LogP contribution in [0.5, 0.6) is 0 Å². The molecule has 0 amide bonds. The highest BCUT2D eigenvalue weighted by Gasteiger charge is 2.24. The first-order valence-corrected chi connectivity index (χ1v) is 9.27. The van der Waals surface area contributed by atoms with Crippen molar-refractivity contribution in [3.8, 4) is 0 Å². The number of nitrogens with zero attached hydrogens (tertiary/aromatic N) is 4. The van der Waals surface area contributed by atoms with Crippen molar-refractivity contribution in [1.29, 1.82) is 0 Å². The van der Waals surface area contributed by atoms with Gasteiger partial charge in [0.1, 0.15) is 17.9 Å². The zero-order chi connectivity index (χ0) is 17.3. The molecule has 7 nitrogen and oxygen atoms in total. The maximum absolute atomic E-state index is 5.40. The Morgan fingerprint density at radius 1 is 1.42 bits per heavy atom. The molecule has 0 atom stereocenters. The molecule has 1 aliphatic heterocycles. The number of hydrogen-bond donors (Lipinski definition) is 2. The van der Waals surface area contributed by atoms with E-state index in [9.17, 15) is 0 Å². The van der Waals surface area contributed by atoms with Crippen LogP contribution in [-0.4, -0.2) is 52.2 Å². The first-order valence-electron chi connectivity index (χ1n) is 9.27. The van der Waals surface area contributed by atoms with E-state index in [0.717, 1.165) is 75.8 Å². The Morgan fingerprint density at radius 2 is 2.27 bits per heavy atom. The molecule has 0 bridgehead atoms. The van der Waals surface area contributed by atoms with E-state index in [-0.39, 0.29) is 24.0 Å². The maximum atomic E-state index is 5.40. The Hall–Kier alpha value is -1.58. The van der Waals surface area contributed by atoms with Gasteiger partial charge in [0.15, 0.2) is 5.96 Å². The summed E-state index contributed by atoms with van der Waals surface area (Å²) in [5, 5.41) is 10.5. The summed E-state index contributed by atoms with van der Waals surface area (Å²) < 4.78 is 5.40. The lowest BCUT2D eigenvalue weighted by atomic mass is 9.96. The molecular formula is C18H29IN6O. The highest BCUT2D eigenvalue weighted by Crippen LogP contribution is 2.24. The van der Waals surface area contributed by atoms with Crippen LogP contribution in [-0.2, 0) is 6.42 Å². The number of aromatic nitrogens is 3. The van der Waals surface area contributed by atoms with E-state index < -0.39 is 0 Å². The topological polar surface area (TPSA) is 82.3 Å². The second kappa shape index (κ2) is 11.2. The number of likely N-dealkylation sites (tertiary alicyclic amines) is 1. The first-order chi connectivity index (χ1) is 12.4. The predicted molar refractivity (Wildman–Crippen MR) is 113 cm³/mol. The average molecular weight is 472 g/mol. The number of aromatic amines is 1. The molecule has 1 aliphatic rings. The Labute approximate surface area is 172 Å². The number of guanidine groups is 1. The number of rotatable bonds is 7. The van der Waals surface area contributed by atoms with Crippen LogP contribution in [0.4, 0.5) is 0 Å². The van der Waals surface area contributed by atoms with E-state index in [4.69, 9.17) is 9.41 Å². The molecule has 0 radical (unpaired) electrons. The number of H-pyrrole nitrogens is 1. The second-order valence-corrected chi connectivity index (χ2v) is 6.45. The van der Waals surface area contributed by atoms with Crippen LogP contribution in [0.1, 0.15) is 50.1 Å². The summed E-state index contributed by atoms with van der Waals surface area (Å²) in [6.07, 6.45) is 8.61. The van der Waals surface area contributed by atoms with Gasteiger partial charge < -0.3 is 14.6 Å². The zero-order valence-corrected chi connectivity index (χ0v) is 17.7. The van der Waals surface area contributed by atoms with E-state index in [0.29, 0.717) is 5.92 Å². The van der Waals surface area contributed by atoms with Crippen LogP contribution in [0.15, 0.2) is 34.1 Å². The van der Waals surface area contributed by atoms with Gasteiger partial charge in [0, 0.05) is 38.5 Å². The number of unbranched alkanes of at least 4 members (excludes halogenated alkanes) is 1. The normalized spacial score (nSPS) is 15.7. The summed E-state index contributed by atoms with van der Waals surface area (Å²) in [6, 6.07) is 3.94. The lowest BCUT2D eigenvalue weighted by molar-refractivity contribution is 0.298. The number of piperidine rings is 1. The van der Waals surface area contributed by atoms with Crippen molar-refractivity contribution >= 4 is 29.9 Å². The van der Waals surface area contributed by atoms with Crippen LogP contribution in [0.3, 0.4) is 0 Å². The lowest BCUT2D eigenvalue weighted by Crippen LogP contribution is -2.46. The van der Waals surface area contributed by atoms with Crippen molar-refractivity contribution in [2.24, 2.45) is 4.99 Å². The van der Waals surface area contributed by atoms with Gasteiger partial charge in [0.05, 0.1) is 6.26 Å². The van der Waals surface area contributed by atoms with E-state index in [1.54, 1.807) is 12.6 Å². The smallest absolute Gasteiger partial charge is 0.193 e. The molecule has 1 saturated heterocycles. The standard InChI is InChI=1S/C18H28N6O.HI/c1-2-3-9-19-18(20-10-6-16-5-4-13-25-16)24-11-7-15(8-12-24)17-21-14-22-23-17;/h4-5,13-15H,2-3,6-12H2,1H3,(H,19,20)(H,21,22,23);1H. The Morgan fingerprint density at radius 3 is 2.92 bits per heavy atom. The van der Waals surface area contributed by atoms with Crippen molar-refractivity contribution in [2.45, 2.75) is 44.9 Å². The summed E-state index contributed by atoms with van der Waals surface area (Å²) in [5.41, 5.74) is 0. The van der Waals surface area contributed by atoms with Gasteiger partial charge in [0.2, 0.25) is 0 Å². The van der Waals surface area contributed by atoms with Gasteiger partial charge in [-0.2, -0.15) is 5.10 Å². The molecule has 0 unspecified atom stereocenters. The first kappa shape index (κ1) is 20.7. The molecule has 8 heteroatoms. The third-order valence-corrected chi connectivity index (χ3v) is 4.62. The van der Waals surface area contributed by atoms with Gasteiger partial charge in [-0.3, -0.25) is 10.1 Å². The van der Waals surface area contributed by atoms with Gasteiger partial charge >= 0.3 is 0 Å². The van der Waals surface area contributed by atoms with E-state index >= 15 is 0 Å². The molecule has 0 spiro atoms. The third-order valence-electron chi connectivity index (χ3n) is 4.62. The SMILES string of the molecule is CCCCN=C(NCCc1ccco1)N1CCC(c2ncn[nH]2)CC1.I. The fourth-order valence-electron chi connectivity index (χ4n) is 3.14. The molecule has 0 aliphatic carbocycles. The monoisotopic (exact) mass is 472 g/mol. The number of nitrogens with one attached hydrogen (secondary N) is 2. The Balaban J connectivity index is 0.00000243. The Bertz CT molecular complexity index is 620. The largest absolute Gasteiger partial charge is 0.469 e. The second-order valence-electron chi connectivity index (χ2n) is 6.45. The summed E-state index contributed by atoms with van der Waals surface area (Å²) in [7, 11) is 0. The molecule has 1 fully saturated rings. The molecule has 144 valence electrons. The van der Waals surface area contributed by atoms with Crippen LogP contribution >= 0.6 is 24.0 Å². The highest BCUT2D eigenvalue weighted by atomic mass is 127. The Kier molecular flexibility index (Phi) is 8.93. The van der Waals surface area contributed by atoms with Crippen LogP contribution < -0.4 is 5.32 Å². The van der Waals surface area contributed by atoms with Crippen molar-refractivity contribution in [3.63, 3.8) is 0 Å². The molecule has 2 aromatic heterocycles. The molecule has 0 aromatic carbocycles.